The molecule has 0 radical (unpaired) electrons. The topological polar surface area (TPSA) is 66.4 Å². The van der Waals surface area contributed by atoms with Gasteiger partial charge in [0.1, 0.15) is 0 Å². The molecular weight excluding hydrogens is 318 g/mol. The number of hydrogen-bond donors (Lipinski definition) is 2. The lowest BCUT2D eigenvalue weighted by atomic mass is 10.2. The average molecular weight is 332 g/mol. The van der Waals surface area contributed by atoms with Gasteiger partial charge in [-0.05, 0) is 30.7 Å². The number of aryl methyl sites for hydroxylation is 1. The zero-order chi connectivity index (χ0) is 14.8. The minimum Gasteiger partial charge on any atom is -0.391 e. The van der Waals surface area contributed by atoms with Crippen LogP contribution >= 0.6 is 22.9 Å². The van der Waals surface area contributed by atoms with Gasteiger partial charge in [-0.15, -0.1) is 11.3 Å². The van der Waals surface area contributed by atoms with Gasteiger partial charge in [0.2, 0.25) is 10.0 Å². The molecule has 0 aliphatic heterocycles. The summed E-state index contributed by atoms with van der Waals surface area (Å²) < 4.78 is 27.0. The Labute approximate surface area is 127 Å². The van der Waals surface area contributed by atoms with Crippen LogP contribution in [0.15, 0.2) is 35.2 Å². The maximum absolute atomic E-state index is 12.2. The Balaban J connectivity index is 2.17. The van der Waals surface area contributed by atoms with Crippen LogP contribution < -0.4 is 4.72 Å². The van der Waals surface area contributed by atoms with E-state index in [-0.39, 0.29) is 18.0 Å². The molecule has 2 rings (SSSR count). The molecule has 0 unspecified atom stereocenters. The van der Waals surface area contributed by atoms with E-state index in [9.17, 15) is 8.42 Å². The molecule has 2 aromatic rings. The highest BCUT2D eigenvalue weighted by molar-refractivity contribution is 7.89. The first-order valence-corrected chi connectivity index (χ1v) is 8.54. The van der Waals surface area contributed by atoms with E-state index in [1.54, 1.807) is 31.2 Å². The molecule has 0 bridgehead atoms. The predicted octanol–water partition coefficient (Wildman–Crippen LogP) is 2.68. The Bertz CT molecular complexity index is 710. The molecule has 0 aliphatic carbocycles. The molecule has 0 saturated heterocycles. The quantitative estimate of drug-likeness (QED) is 0.885. The molecule has 0 atom stereocenters. The summed E-state index contributed by atoms with van der Waals surface area (Å²) in [5.74, 6) is 0. The number of halogens is 1. The smallest absolute Gasteiger partial charge is 0.241 e. The molecule has 20 heavy (non-hydrogen) atoms. The van der Waals surface area contributed by atoms with Crippen molar-refractivity contribution in [3.8, 4) is 0 Å². The van der Waals surface area contributed by atoms with Crippen molar-refractivity contribution in [2.24, 2.45) is 0 Å². The largest absolute Gasteiger partial charge is 0.391 e. The van der Waals surface area contributed by atoms with Crippen molar-refractivity contribution in [2.75, 3.05) is 0 Å². The third kappa shape index (κ3) is 3.59. The van der Waals surface area contributed by atoms with Crippen LogP contribution in [0.4, 0.5) is 0 Å². The zero-order valence-corrected chi connectivity index (χ0v) is 13.1. The van der Waals surface area contributed by atoms with Gasteiger partial charge in [-0.3, -0.25) is 0 Å². The first-order valence-electron chi connectivity index (χ1n) is 5.86. The molecule has 7 heteroatoms. The Morgan fingerprint density at radius 3 is 2.70 bits per heavy atom. The number of nitrogens with one attached hydrogen (secondary N) is 1. The fourth-order valence-corrected chi connectivity index (χ4v) is 4.50. The monoisotopic (exact) mass is 331 g/mol. The molecule has 0 spiro atoms. The van der Waals surface area contributed by atoms with Crippen molar-refractivity contribution in [1.82, 2.24) is 4.72 Å². The van der Waals surface area contributed by atoms with E-state index in [0.29, 0.717) is 14.8 Å². The first kappa shape index (κ1) is 15.5. The average Bonchev–Trinajstić information content (AvgIpc) is 2.79. The third-order valence-electron chi connectivity index (χ3n) is 2.72. The highest BCUT2D eigenvalue weighted by atomic mass is 35.5. The zero-order valence-electron chi connectivity index (χ0n) is 10.8. The highest BCUT2D eigenvalue weighted by Crippen LogP contribution is 2.25. The normalized spacial score (nSPS) is 11.8. The minimum atomic E-state index is -3.59. The van der Waals surface area contributed by atoms with Crippen LogP contribution in [0.3, 0.4) is 0 Å². The van der Waals surface area contributed by atoms with Crippen molar-refractivity contribution >= 4 is 33.0 Å². The van der Waals surface area contributed by atoms with E-state index in [4.69, 9.17) is 16.7 Å². The SMILES string of the molecule is Cc1sc(CO)cc1S(=O)(=O)NCc1cccc(Cl)c1. The summed E-state index contributed by atoms with van der Waals surface area (Å²) in [5.41, 5.74) is 0.788. The van der Waals surface area contributed by atoms with E-state index < -0.39 is 10.0 Å². The minimum absolute atomic E-state index is 0.157. The van der Waals surface area contributed by atoms with E-state index in [0.717, 1.165) is 5.56 Å². The van der Waals surface area contributed by atoms with Gasteiger partial charge >= 0.3 is 0 Å². The second-order valence-electron chi connectivity index (χ2n) is 4.25. The number of sulfonamides is 1. The Morgan fingerprint density at radius 1 is 1.35 bits per heavy atom. The molecule has 2 N–H and O–H groups in total. The lowest BCUT2D eigenvalue weighted by molar-refractivity contribution is 0.285. The van der Waals surface area contributed by atoms with E-state index in [1.165, 1.54) is 17.4 Å². The van der Waals surface area contributed by atoms with Gasteiger partial charge < -0.3 is 5.11 Å². The number of aliphatic hydroxyl groups is 1. The molecule has 0 aliphatic rings. The molecule has 4 nitrogen and oxygen atoms in total. The van der Waals surface area contributed by atoms with Crippen LogP contribution in [-0.4, -0.2) is 13.5 Å². The van der Waals surface area contributed by atoms with Crippen molar-refractivity contribution in [2.45, 2.75) is 25.0 Å². The van der Waals surface area contributed by atoms with Crippen molar-refractivity contribution in [3.63, 3.8) is 0 Å². The molecule has 1 aromatic carbocycles. The maximum Gasteiger partial charge on any atom is 0.241 e. The van der Waals surface area contributed by atoms with Gasteiger partial charge in [-0.2, -0.15) is 0 Å². The van der Waals surface area contributed by atoms with Crippen LogP contribution in [0, 0.1) is 6.92 Å². The summed E-state index contributed by atoms with van der Waals surface area (Å²) in [4.78, 5) is 1.51. The van der Waals surface area contributed by atoms with E-state index in [2.05, 4.69) is 4.72 Å². The standard InChI is InChI=1S/C13H14ClNO3S2/c1-9-13(6-12(8-16)19-9)20(17,18)15-7-10-3-2-4-11(14)5-10/h2-6,15-16H,7-8H2,1H3. The maximum atomic E-state index is 12.2. The Kier molecular flexibility index (Phi) is 4.82. The number of hydrogen-bond acceptors (Lipinski definition) is 4. The second kappa shape index (κ2) is 6.24. The van der Waals surface area contributed by atoms with Gasteiger partial charge in [-0.1, -0.05) is 23.7 Å². The van der Waals surface area contributed by atoms with E-state index in [1.807, 2.05) is 0 Å². The second-order valence-corrected chi connectivity index (χ2v) is 7.76. The van der Waals surface area contributed by atoms with Crippen molar-refractivity contribution < 1.29 is 13.5 Å². The summed E-state index contributed by atoms with van der Waals surface area (Å²) in [5, 5.41) is 9.63. The summed E-state index contributed by atoms with van der Waals surface area (Å²) >= 11 is 7.13. The third-order valence-corrected chi connectivity index (χ3v) is 5.65. The lowest BCUT2D eigenvalue weighted by Crippen LogP contribution is -2.23. The molecule has 1 aromatic heterocycles. The Hall–Kier alpha value is -0.920. The summed E-state index contributed by atoms with van der Waals surface area (Å²) in [6.45, 7) is 1.74. The number of thiophene rings is 1. The lowest BCUT2D eigenvalue weighted by Gasteiger charge is -2.06. The number of aliphatic hydroxyl groups excluding tert-OH is 1. The fourth-order valence-electron chi connectivity index (χ4n) is 1.77. The Morgan fingerprint density at radius 2 is 2.10 bits per heavy atom. The van der Waals surface area contributed by atoms with Crippen LogP contribution in [0.5, 0.6) is 0 Å². The van der Waals surface area contributed by atoms with Gasteiger partial charge in [0.05, 0.1) is 11.5 Å². The molecule has 0 saturated carbocycles. The first-order chi connectivity index (χ1) is 9.42. The molecule has 0 amide bonds. The van der Waals surface area contributed by atoms with Crippen molar-refractivity contribution in [1.29, 1.82) is 0 Å². The molecular formula is C13H14ClNO3S2. The van der Waals surface area contributed by atoms with Crippen LogP contribution in [0.25, 0.3) is 0 Å². The van der Waals surface area contributed by atoms with Crippen LogP contribution in [0.1, 0.15) is 15.3 Å². The van der Waals surface area contributed by atoms with E-state index >= 15 is 0 Å². The van der Waals surface area contributed by atoms with Gasteiger partial charge in [0.25, 0.3) is 0 Å². The number of benzene rings is 1. The fraction of sp³-hybridized carbons (Fsp3) is 0.231. The summed E-state index contributed by atoms with van der Waals surface area (Å²) in [6, 6.07) is 8.51. The van der Waals surface area contributed by atoms with Gasteiger partial charge in [0, 0.05) is 21.3 Å². The summed E-state index contributed by atoms with van der Waals surface area (Å²) in [6.07, 6.45) is 0. The molecule has 0 fully saturated rings. The summed E-state index contributed by atoms with van der Waals surface area (Å²) in [7, 11) is -3.59. The van der Waals surface area contributed by atoms with Crippen LogP contribution in [0.2, 0.25) is 5.02 Å². The van der Waals surface area contributed by atoms with Gasteiger partial charge in [0.15, 0.2) is 0 Å². The van der Waals surface area contributed by atoms with Crippen molar-refractivity contribution in [3.05, 3.63) is 50.7 Å². The molecule has 1 heterocycles. The number of rotatable bonds is 5. The predicted molar refractivity (Wildman–Crippen MR) is 80.5 cm³/mol. The molecule has 108 valence electrons. The highest BCUT2D eigenvalue weighted by Gasteiger charge is 2.19. The van der Waals surface area contributed by atoms with Gasteiger partial charge in [-0.25, -0.2) is 13.1 Å². The van der Waals surface area contributed by atoms with Crippen LogP contribution in [-0.2, 0) is 23.2 Å².